The van der Waals surface area contributed by atoms with Crippen molar-refractivity contribution in [2.75, 3.05) is 33.5 Å². The Morgan fingerprint density at radius 2 is 1.84 bits per heavy atom. The molecule has 0 fully saturated rings. The number of aryl methyl sites for hydroxylation is 1. The van der Waals surface area contributed by atoms with Gasteiger partial charge in [-0.15, -0.1) is 5.10 Å². The summed E-state index contributed by atoms with van der Waals surface area (Å²) in [6.45, 7) is 5.44. The van der Waals surface area contributed by atoms with E-state index in [1.807, 2.05) is 13.8 Å². The molecule has 0 unspecified atom stereocenters. The van der Waals surface area contributed by atoms with Gasteiger partial charge in [-0.25, -0.2) is 0 Å². The van der Waals surface area contributed by atoms with Gasteiger partial charge in [0, 0.05) is 7.11 Å². The van der Waals surface area contributed by atoms with E-state index in [0.717, 1.165) is 11.3 Å². The van der Waals surface area contributed by atoms with Gasteiger partial charge in [-0.2, -0.15) is 5.10 Å². The van der Waals surface area contributed by atoms with Gasteiger partial charge in [0.25, 0.3) is 0 Å². The number of rotatable bonds is 8. The van der Waals surface area contributed by atoms with Crippen molar-refractivity contribution in [1.29, 1.82) is 5.41 Å². The van der Waals surface area contributed by atoms with Gasteiger partial charge in [0.1, 0.15) is 12.4 Å². The van der Waals surface area contributed by atoms with Crippen LogP contribution in [0.5, 0.6) is 5.88 Å². The van der Waals surface area contributed by atoms with Crippen LogP contribution < -0.4 is 10.5 Å². The molecular weight excluding hydrogens is 248 g/mol. The monoisotopic (exact) mass is 268 g/mol. The minimum absolute atomic E-state index is 0.0780. The minimum Gasteiger partial charge on any atom is -0.474 e. The van der Waals surface area contributed by atoms with E-state index in [0.29, 0.717) is 32.0 Å². The molecule has 0 aliphatic rings. The lowest BCUT2D eigenvalue weighted by Crippen LogP contribution is -2.19. The van der Waals surface area contributed by atoms with E-state index in [-0.39, 0.29) is 11.7 Å². The fourth-order valence-corrected chi connectivity index (χ4v) is 1.45. The van der Waals surface area contributed by atoms with Gasteiger partial charge >= 0.3 is 0 Å². The largest absolute Gasteiger partial charge is 0.474 e. The average molecular weight is 268 g/mol. The van der Waals surface area contributed by atoms with E-state index in [1.54, 1.807) is 7.11 Å². The molecule has 1 heterocycles. The average Bonchev–Trinajstić information content (AvgIpc) is 2.37. The Morgan fingerprint density at radius 1 is 1.16 bits per heavy atom. The maximum Gasteiger partial charge on any atom is 0.244 e. The third-order valence-corrected chi connectivity index (χ3v) is 2.59. The van der Waals surface area contributed by atoms with Gasteiger partial charge in [0.15, 0.2) is 0 Å². The van der Waals surface area contributed by atoms with Crippen LogP contribution in [0, 0.1) is 19.3 Å². The lowest BCUT2D eigenvalue weighted by molar-refractivity contribution is 0.0534. The first kappa shape index (κ1) is 15.3. The zero-order valence-corrected chi connectivity index (χ0v) is 11.5. The second kappa shape index (κ2) is 7.65. The summed E-state index contributed by atoms with van der Waals surface area (Å²) in [6, 6.07) is 0. The van der Waals surface area contributed by atoms with Crippen molar-refractivity contribution in [1.82, 2.24) is 10.2 Å². The van der Waals surface area contributed by atoms with Crippen molar-refractivity contribution < 1.29 is 14.2 Å². The predicted molar refractivity (Wildman–Crippen MR) is 70.7 cm³/mol. The van der Waals surface area contributed by atoms with Crippen molar-refractivity contribution >= 4 is 5.84 Å². The first-order valence-electron chi connectivity index (χ1n) is 5.95. The zero-order chi connectivity index (χ0) is 14.3. The molecule has 1 rings (SSSR count). The molecule has 0 bridgehead atoms. The summed E-state index contributed by atoms with van der Waals surface area (Å²) in [5.74, 6) is 0.191. The highest BCUT2D eigenvalue weighted by atomic mass is 16.5. The highest BCUT2D eigenvalue weighted by Crippen LogP contribution is 2.19. The summed E-state index contributed by atoms with van der Waals surface area (Å²) in [6.07, 6.45) is 0. The molecule has 0 saturated heterocycles. The fourth-order valence-electron chi connectivity index (χ4n) is 1.45. The molecule has 106 valence electrons. The number of hydrogen-bond acceptors (Lipinski definition) is 6. The molecule has 19 heavy (non-hydrogen) atoms. The third-order valence-electron chi connectivity index (χ3n) is 2.59. The lowest BCUT2D eigenvalue weighted by Gasteiger charge is -2.12. The molecular formula is C12H20N4O3. The van der Waals surface area contributed by atoms with Crippen molar-refractivity contribution in [2.24, 2.45) is 5.73 Å². The van der Waals surface area contributed by atoms with E-state index in [1.165, 1.54) is 0 Å². The maximum absolute atomic E-state index is 7.57. The van der Waals surface area contributed by atoms with E-state index < -0.39 is 0 Å². The Bertz CT molecular complexity index is 437. The fraction of sp³-hybridized carbons (Fsp3) is 0.583. The minimum atomic E-state index is -0.0780. The maximum atomic E-state index is 7.57. The molecule has 0 aliphatic heterocycles. The Labute approximate surface area is 112 Å². The number of hydrogen-bond donors (Lipinski definition) is 2. The molecule has 1 aromatic heterocycles. The van der Waals surface area contributed by atoms with Crippen LogP contribution in [-0.2, 0) is 9.47 Å². The molecule has 7 heteroatoms. The van der Waals surface area contributed by atoms with Crippen LogP contribution >= 0.6 is 0 Å². The Hall–Kier alpha value is -1.73. The third kappa shape index (κ3) is 4.46. The van der Waals surface area contributed by atoms with Crippen molar-refractivity contribution in [3.63, 3.8) is 0 Å². The number of aromatic nitrogens is 2. The second-order valence-electron chi connectivity index (χ2n) is 3.96. The van der Waals surface area contributed by atoms with E-state index in [9.17, 15) is 0 Å². The highest BCUT2D eigenvalue weighted by molar-refractivity contribution is 5.98. The van der Waals surface area contributed by atoms with Gasteiger partial charge < -0.3 is 19.9 Å². The number of nitrogen functional groups attached to an aromatic ring is 1. The van der Waals surface area contributed by atoms with Crippen molar-refractivity contribution in [3.05, 3.63) is 16.8 Å². The van der Waals surface area contributed by atoms with Crippen LogP contribution in [0.15, 0.2) is 0 Å². The summed E-state index contributed by atoms with van der Waals surface area (Å²) in [5, 5.41) is 15.5. The quantitative estimate of drug-likeness (QED) is 0.402. The number of nitrogens with zero attached hydrogens (tertiary/aromatic N) is 2. The van der Waals surface area contributed by atoms with Gasteiger partial charge in [0.2, 0.25) is 5.88 Å². The number of nitrogens with one attached hydrogen (secondary N) is 1. The van der Waals surface area contributed by atoms with Crippen LogP contribution in [0.1, 0.15) is 16.8 Å². The lowest BCUT2D eigenvalue weighted by atomic mass is 10.1. The van der Waals surface area contributed by atoms with Gasteiger partial charge in [-0.3, -0.25) is 5.41 Å². The summed E-state index contributed by atoms with van der Waals surface area (Å²) in [7, 11) is 1.61. The summed E-state index contributed by atoms with van der Waals surface area (Å²) in [5.41, 5.74) is 7.57. The second-order valence-corrected chi connectivity index (χ2v) is 3.96. The normalized spacial score (nSPS) is 10.5. The molecule has 1 aromatic rings. The Morgan fingerprint density at radius 3 is 2.47 bits per heavy atom. The molecule has 0 spiro atoms. The van der Waals surface area contributed by atoms with E-state index in [2.05, 4.69) is 10.2 Å². The number of ether oxygens (including phenoxy) is 3. The molecule has 3 N–H and O–H groups in total. The van der Waals surface area contributed by atoms with Crippen molar-refractivity contribution in [3.8, 4) is 5.88 Å². The van der Waals surface area contributed by atoms with Crippen molar-refractivity contribution in [2.45, 2.75) is 13.8 Å². The van der Waals surface area contributed by atoms with Crippen LogP contribution in [-0.4, -0.2) is 49.6 Å². The molecule has 0 amide bonds. The van der Waals surface area contributed by atoms with Gasteiger partial charge in [-0.1, -0.05) is 0 Å². The van der Waals surface area contributed by atoms with Gasteiger partial charge in [-0.05, 0) is 19.4 Å². The number of nitrogens with two attached hydrogens (primary N) is 1. The SMILES string of the molecule is COCCOCCOc1nnc(C)c(C)c1C(=N)N. The van der Waals surface area contributed by atoms with Crippen LogP contribution in [0.25, 0.3) is 0 Å². The molecule has 0 aliphatic carbocycles. The molecule has 0 radical (unpaired) electrons. The molecule has 0 atom stereocenters. The Kier molecular flexibility index (Phi) is 6.17. The first-order chi connectivity index (χ1) is 9.07. The van der Waals surface area contributed by atoms with Crippen LogP contribution in [0.2, 0.25) is 0 Å². The first-order valence-corrected chi connectivity index (χ1v) is 5.95. The standard InChI is InChI=1S/C12H20N4O3/c1-8-9(2)15-16-12(10(8)11(13)14)19-7-6-18-5-4-17-3/h4-7H2,1-3H3,(H3,13,14). The topological polar surface area (TPSA) is 103 Å². The van der Waals surface area contributed by atoms with Crippen LogP contribution in [0.4, 0.5) is 0 Å². The number of methoxy groups -OCH3 is 1. The van der Waals surface area contributed by atoms with E-state index >= 15 is 0 Å². The van der Waals surface area contributed by atoms with Crippen LogP contribution in [0.3, 0.4) is 0 Å². The summed E-state index contributed by atoms with van der Waals surface area (Å²) in [4.78, 5) is 0. The smallest absolute Gasteiger partial charge is 0.244 e. The molecule has 0 saturated carbocycles. The predicted octanol–water partition coefficient (Wildman–Crippen LogP) is 0.419. The number of amidine groups is 1. The zero-order valence-electron chi connectivity index (χ0n) is 11.5. The summed E-state index contributed by atoms with van der Waals surface area (Å²) >= 11 is 0. The van der Waals surface area contributed by atoms with E-state index in [4.69, 9.17) is 25.4 Å². The molecule has 7 nitrogen and oxygen atoms in total. The summed E-state index contributed by atoms with van der Waals surface area (Å²) < 4.78 is 15.6. The molecule has 0 aromatic carbocycles. The highest BCUT2D eigenvalue weighted by Gasteiger charge is 2.14. The van der Waals surface area contributed by atoms with Gasteiger partial charge in [0.05, 0.1) is 31.1 Å². The Balaban J connectivity index is 2.58.